The first-order valence-electron chi connectivity index (χ1n) is 53.2. The fourth-order valence-corrected chi connectivity index (χ4v) is 16.4. The second-order valence-electron chi connectivity index (χ2n) is 27.8. The van der Waals surface area contributed by atoms with Gasteiger partial charge in [0.05, 0.1) is 22.1 Å². The van der Waals surface area contributed by atoms with Crippen molar-refractivity contribution < 1.29 is 80.4 Å². The van der Waals surface area contributed by atoms with E-state index in [0.717, 1.165) is 57.6 Å². The zero-order valence-electron chi connectivity index (χ0n) is 96.7. The van der Waals surface area contributed by atoms with E-state index in [1.165, 1.54) is 53.1 Å². The Kier molecular flexibility index (Phi) is 8.61. The minimum absolute atomic E-state index is 0.0488. The van der Waals surface area contributed by atoms with E-state index in [-0.39, 0.29) is 50.2 Å². The molecule has 0 N–H and O–H groups in total. The summed E-state index contributed by atoms with van der Waals surface area (Å²) in [5.74, 6) is -9.46. The summed E-state index contributed by atoms with van der Waals surface area (Å²) in [5.41, 5.74) is 7.29. The molecule has 0 unspecified atom stereocenters. The molecule has 0 atom stereocenters. The van der Waals surface area contributed by atoms with Gasteiger partial charge in [0.1, 0.15) is 43.5 Å². The molecule has 8 aromatic carbocycles. The lowest BCUT2D eigenvalue weighted by molar-refractivity contribution is -0.660. The summed E-state index contributed by atoms with van der Waals surface area (Å²) < 4.78 is 346. The minimum Gasteiger partial charge on any atom is -0.454 e. The highest BCUT2D eigenvalue weighted by Crippen LogP contribution is 2.58. The maximum atomic E-state index is 8.95. The van der Waals surface area contributed by atoms with Crippen LogP contribution in [-0.4, -0.2) is 4.98 Å². The van der Waals surface area contributed by atoms with Crippen LogP contribution in [-0.2, 0) is 37.4 Å². The van der Waals surface area contributed by atoms with Crippen molar-refractivity contribution in [2.75, 3.05) is 0 Å². The second-order valence-corrected chi connectivity index (χ2v) is 27.8. The summed E-state index contributed by atoms with van der Waals surface area (Å²) in [6.45, 7) is -27.2. The van der Waals surface area contributed by atoms with Crippen LogP contribution in [0.5, 0.6) is 0 Å². The highest BCUT2D eigenvalue weighted by molar-refractivity contribution is 6.17. The Bertz CT molecular complexity index is 7630. The molecule has 18 rings (SSSR count). The number of furan rings is 3. The number of hydrogen-bond acceptors (Lipinski definition) is 4. The average Bonchev–Trinajstić information content (AvgIpc) is 1.51. The lowest BCUT2D eigenvalue weighted by atomic mass is 9.74. The molecule has 0 aliphatic heterocycles. The van der Waals surface area contributed by atoms with Crippen molar-refractivity contribution in [3.8, 4) is 67.2 Å². The van der Waals surface area contributed by atoms with E-state index in [2.05, 4.69) is 26.0 Å². The van der Waals surface area contributed by atoms with Gasteiger partial charge in [0.2, 0.25) is 22.8 Å². The summed E-state index contributed by atoms with van der Waals surface area (Å²) in [6, 6.07) is 44.6. The molecule has 0 fully saturated rings. The van der Waals surface area contributed by atoms with Crippen LogP contribution < -0.4 is 13.7 Å². The molecule has 3 aliphatic rings. The zero-order chi connectivity index (χ0) is 105. The third kappa shape index (κ3) is 10.0. The fourth-order valence-electron chi connectivity index (χ4n) is 16.4. The van der Waals surface area contributed by atoms with E-state index in [4.69, 9.17) is 71.7 Å². The van der Waals surface area contributed by atoms with Crippen LogP contribution in [0.1, 0.15) is 244 Å². The molecular weight excluding hydrogens is 1260 g/mol. The number of hydrogen-bond donors (Lipinski definition) is 0. The summed E-state index contributed by atoms with van der Waals surface area (Å²) >= 11 is 0. The molecule has 3 aliphatic carbocycles. The lowest BCUT2D eigenvalue weighted by Gasteiger charge is -2.29. The quantitative estimate of drug-likeness (QED) is 0.142. The van der Waals surface area contributed by atoms with E-state index in [1.54, 1.807) is 111 Å². The topological polar surface area (TPSA) is 64.0 Å². The number of fused-ring (bicyclic) bond motifs is 21. The Morgan fingerprint density at radius 2 is 0.883 bits per heavy atom. The molecule has 7 nitrogen and oxygen atoms in total. The highest BCUT2D eigenvalue weighted by Gasteiger charge is 2.44. The Balaban J connectivity index is 0.000000154. The molecule has 0 saturated heterocycles. The molecule has 7 heterocycles. The van der Waals surface area contributed by atoms with Gasteiger partial charge in [-0.2, -0.15) is 0 Å². The molecule has 0 bridgehead atoms. The number of pyridine rings is 4. The van der Waals surface area contributed by atoms with Crippen molar-refractivity contribution in [2.45, 2.75) is 164 Å². The summed E-state index contributed by atoms with van der Waals surface area (Å²) in [5, 5.41) is 4.04. The van der Waals surface area contributed by atoms with Gasteiger partial charge in [-0.15, -0.1) is 0 Å². The van der Waals surface area contributed by atoms with Crippen LogP contribution in [0.15, 0.2) is 196 Å². The third-order valence-electron chi connectivity index (χ3n) is 21.6. The first-order chi connectivity index (χ1) is 64.9. The number of nitrogens with zero attached hydrogens (tertiary/aromatic N) is 4. The molecule has 0 radical (unpaired) electrons. The SMILES string of the molecule is [2H]C([2H])([2H])C([2H])(c1cc[n+](C)c(-c2c(C)ccc3c2oc2ncc4c(c23)C(C)(C)c2ccccc2-4)c1)C([2H])([2H])[2H].[2H]C([2H])([2H])CC1(CC([2H])([2H])[2H])c2ccccc2-c2c1ccc1c2oc2c(-c3cc(C([2H])(C([2H])([2H])[2H])C([2H])([2H])[2H])c(C([2H])([2H])[2H])c[n+]3C)c(C)ccc21.[2H]C([2H])([2H])c1c[n+](C)c(-c2c(C)ccc3c2oc2c4c(ccc23)C(C([2H])([2H])[2H])(C([2H])([2H])[2H])c2ccccc2-4)cc1C([2H])(C([2H])([2H])[2H])C([2H])([2H])[2H]. The highest BCUT2D eigenvalue weighted by atomic mass is 16.3. The standard InChI is InChI=1S/C34H36NO.C32H32NO.C30H29N2O/c1-8-34(9-2)27-13-11-10-12-25(27)31-28(34)17-16-24-23-15-14-21(5)30(32(23)36-33(24)31)29-18-26(20(3)4)22(6)19-35(29)7;1-18(2)24-16-27(33(7)17-20(24)4)28-19(3)12-13-21-22-14-15-26-29(31(22)34-30(21)28)23-10-8-9-11-25(23)32(26,5)6;1-17(2)19-13-14-32(6)24(15-19)25-18(3)11-12-21-26-27-22(16-31-29(26)33-28(21)25)20-9-7-8-10-23(20)30(27,4)5/h10-20H,8-9H2,1-7H3;8-18H,1-7H3;7-17H,1-6H3/q3*+1/i1D3,2D3,3D3,4D3,6D3,20D;1D3,2D3,4D3,5D3,6D3,18D;1D3,2D3,17D. The Morgan fingerprint density at radius 3 is 1.42 bits per heavy atom. The van der Waals surface area contributed by atoms with Crippen molar-refractivity contribution in [3.05, 3.63) is 260 Å². The van der Waals surface area contributed by atoms with E-state index in [9.17, 15) is 0 Å². The smallest absolute Gasteiger partial charge is 0.227 e. The summed E-state index contributed by atoms with van der Waals surface area (Å²) in [7, 11) is 4.82. The normalized spacial score (nSPS) is 21.6. The molecule has 15 aromatic rings. The zero-order valence-corrected chi connectivity index (χ0v) is 57.7. The monoisotopic (exact) mass is 1390 g/mol. The van der Waals surface area contributed by atoms with Gasteiger partial charge in [-0.25, -0.2) is 18.7 Å². The predicted octanol–water partition coefficient (Wildman–Crippen LogP) is 24.2. The maximum Gasteiger partial charge on any atom is 0.227 e. The molecule has 7 aromatic heterocycles. The first kappa shape index (κ1) is 36.3. The van der Waals surface area contributed by atoms with Crippen molar-refractivity contribution in [2.24, 2.45) is 21.1 Å². The number of aryl methyl sites for hydroxylation is 8. The van der Waals surface area contributed by atoms with Crippen LogP contribution >= 0.6 is 0 Å². The maximum absolute atomic E-state index is 8.95. The number of benzene rings is 8. The van der Waals surface area contributed by atoms with E-state index < -0.39 is 146 Å². The van der Waals surface area contributed by atoms with Crippen LogP contribution in [0, 0.1) is 34.5 Å². The molecular formula is C96H97N4O3+3. The first-order valence-corrected chi connectivity index (χ1v) is 33.7. The average molecular weight is 1390 g/mol. The third-order valence-corrected chi connectivity index (χ3v) is 21.6. The van der Waals surface area contributed by atoms with Crippen LogP contribution in [0.4, 0.5) is 0 Å². The molecule has 0 amide bonds. The van der Waals surface area contributed by atoms with Gasteiger partial charge >= 0.3 is 0 Å². The fraction of sp³-hybridized carbons (Fsp3) is 0.292. The van der Waals surface area contributed by atoms with E-state index >= 15 is 0 Å². The van der Waals surface area contributed by atoms with Gasteiger partial charge in [-0.05, 0) is 148 Å². The van der Waals surface area contributed by atoms with Gasteiger partial charge in [-0.1, -0.05) is 216 Å². The second kappa shape index (κ2) is 24.5. The summed E-state index contributed by atoms with van der Waals surface area (Å²) in [4.78, 5) is 4.71. The van der Waals surface area contributed by atoms with Gasteiger partial charge in [0, 0.05) is 155 Å². The lowest BCUT2D eigenvalue weighted by Crippen LogP contribution is -2.32. The molecule has 0 saturated carbocycles. The van der Waals surface area contributed by atoms with Crippen molar-refractivity contribution >= 4 is 65.9 Å². The predicted molar refractivity (Wildman–Crippen MR) is 427 cm³/mol. The van der Waals surface area contributed by atoms with E-state index in [0.29, 0.717) is 105 Å². The van der Waals surface area contributed by atoms with Crippen LogP contribution in [0.25, 0.3) is 133 Å². The Morgan fingerprint density at radius 1 is 0.427 bits per heavy atom. The van der Waals surface area contributed by atoms with Gasteiger partial charge < -0.3 is 13.3 Å². The molecule has 0 spiro atoms. The summed E-state index contributed by atoms with van der Waals surface area (Å²) in [6.07, 6.45) is 4.83. The minimum atomic E-state index is -3.47. The molecule has 516 valence electrons. The number of aromatic nitrogens is 4. The molecule has 7 heteroatoms. The Labute approximate surface area is 662 Å². The number of rotatable bonds is 8. The molecule has 103 heavy (non-hydrogen) atoms. The Hall–Kier alpha value is -10.2. The van der Waals surface area contributed by atoms with Gasteiger partial charge in [-0.3, -0.25) is 0 Å². The van der Waals surface area contributed by atoms with Crippen molar-refractivity contribution in [1.29, 1.82) is 0 Å². The van der Waals surface area contributed by atoms with E-state index in [1.807, 2.05) is 43.5 Å². The van der Waals surface area contributed by atoms with Crippen molar-refractivity contribution in [3.63, 3.8) is 0 Å². The van der Waals surface area contributed by atoms with Crippen LogP contribution in [0.2, 0.25) is 0 Å². The van der Waals surface area contributed by atoms with Crippen molar-refractivity contribution in [1.82, 2.24) is 4.98 Å². The largest absolute Gasteiger partial charge is 0.454 e. The van der Waals surface area contributed by atoms with Crippen LogP contribution in [0.3, 0.4) is 0 Å². The van der Waals surface area contributed by atoms with Gasteiger partial charge in [0.15, 0.2) is 24.2 Å². The van der Waals surface area contributed by atoms with Gasteiger partial charge in [0.25, 0.3) is 0 Å².